The molecule has 1 aromatic carbocycles. The maximum absolute atomic E-state index is 9.83. The monoisotopic (exact) mass is 219 g/mol. The van der Waals surface area contributed by atoms with E-state index in [1.807, 2.05) is 13.8 Å². The maximum Gasteiger partial charge on any atom is 0.0631 e. The first-order valence-corrected chi connectivity index (χ1v) is 5.93. The van der Waals surface area contributed by atoms with Crippen LogP contribution in [0.3, 0.4) is 0 Å². The van der Waals surface area contributed by atoms with E-state index in [1.54, 1.807) is 0 Å². The third-order valence-corrected chi connectivity index (χ3v) is 3.22. The molecule has 2 rings (SSSR count). The predicted molar refractivity (Wildman–Crippen MR) is 68.1 cm³/mol. The van der Waals surface area contributed by atoms with Crippen LogP contribution < -0.4 is 4.90 Å². The van der Waals surface area contributed by atoms with Gasteiger partial charge in [-0.1, -0.05) is 19.1 Å². The van der Waals surface area contributed by atoms with E-state index in [1.165, 1.54) is 16.8 Å². The predicted octanol–water partition coefficient (Wildman–Crippen LogP) is 2.55. The summed E-state index contributed by atoms with van der Waals surface area (Å²) in [6, 6.07) is 6.56. The molecule has 0 aliphatic carbocycles. The number of rotatable bonds is 2. The van der Waals surface area contributed by atoms with E-state index in [4.69, 9.17) is 0 Å². The van der Waals surface area contributed by atoms with Crippen molar-refractivity contribution in [2.75, 3.05) is 18.5 Å². The highest BCUT2D eigenvalue weighted by Crippen LogP contribution is 2.35. The normalized spacial score (nSPS) is 20.1. The molecule has 1 aliphatic rings. The summed E-state index contributed by atoms with van der Waals surface area (Å²) < 4.78 is 0. The van der Waals surface area contributed by atoms with E-state index in [9.17, 15) is 5.11 Å². The molecule has 1 aliphatic heterocycles. The smallest absolute Gasteiger partial charge is 0.0631 e. The number of anilines is 1. The van der Waals surface area contributed by atoms with E-state index in [0.717, 1.165) is 13.0 Å². The maximum atomic E-state index is 9.83. The molecular weight excluding hydrogens is 198 g/mol. The molecule has 1 aromatic rings. The minimum absolute atomic E-state index is 0.599. The summed E-state index contributed by atoms with van der Waals surface area (Å²) in [5.41, 5.74) is 3.37. The lowest BCUT2D eigenvalue weighted by Gasteiger charge is -2.18. The molecule has 88 valence electrons. The number of aliphatic hydroxyl groups is 1. The lowest BCUT2D eigenvalue weighted by atomic mass is 9.94. The quantitative estimate of drug-likeness (QED) is 0.826. The average Bonchev–Trinajstić information content (AvgIpc) is 2.40. The van der Waals surface area contributed by atoms with Crippen molar-refractivity contribution in [3.63, 3.8) is 0 Å². The van der Waals surface area contributed by atoms with Crippen molar-refractivity contribution < 1.29 is 5.11 Å². The molecule has 0 fully saturated rings. The third kappa shape index (κ3) is 2.22. The summed E-state index contributed by atoms with van der Waals surface area (Å²) in [6.07, 6.45) is 0.719. The fraction of sp³-hybridized carbons (Fsp3) is 0.571. The lowest BCUT2D eigenvalue weighted by Crippen LogP contribution is -2.21. The number of fused-ring (bicyclic) bond motifs is 1. The van der Waals surface area contributed by atoms with Crippen LogP contribution in [0.25, 0.3) is 0 Å². The Kier molecular flexibility index (Phi) is 2.70. The molecule has 0 aromatic heterocycles. The van der Waals surface area contributed by atoms with Gasteiger partial charge in [0.15, 0.2) is 0 Å². The van der Waals surface area contributed by atoms with E-state index < -0.39 is 5.60 Å². The summed E-state index contributed by atoms with van der Waals surface area (Å²) >= 11 is 0. The molecule has 1 N–H and O–H groups in total. The zero-order valence-corrected chi connectivity index (χ0v) is 10.6. The van der Waals surface area contributed by atoms with Crippen LogP contribution in [0.15, 0.2) is 18.2 Å². The standard InChI is InChI=1S/C14H21NO/c1-10-9-15(4)13-6-5-11(7-12(10)13)8-14(2,3)16/h5-7,10,16H,8-9H2,1-4H3. The van der Waals surface area contributed by atoms with Gasteiger partial charge >= 0.3 is 0 Å². The minimum Gasteiger partial charge on any atom is -0.390 e. The first kappa shape index (κ1) is 11.5. The Morgan fingerprint density at radius 3 is 2.75 bits per heavy atom. The fourth-order valence-electron chi connectivity index (χ4n) is 2.56. The first-order chi connectivity index (χ1) is 7.37. The minimum atomic E-state index is -0.623. The van der Waals surface area contributed by atoms with Crippen molar-refractivity contribution in [2.45, 2.75) is 38.7 Å². The second kappa shape index (κ2) is 3.77. The van der Waals surface area contributed by atoms with E-state index in [-0.39, 0.29) is 0 Å². The molecule has 2 nitrogen and oxygen atoms in total. The Labute approximate surface area is 97.9 Å². The lowest BCUT2D eigenvalue weighted by molar-refractivity contribution is 0.0810. The third-order valence-electron chi connectivity index (χ3n) is 3.22. The molecule has 2 heteroatoms. The zero-order chi connectivity index (χ0) is 11.9. The Balaban J connectivity index is 2.30. The van der Waals surface area contributed by atoms with Crippen molar-refractivity contribution in [3.8, 4) is 0 Å². The van der Waals surface area contributed by atoms with Crippen molar-refractivity contribution >= 4 is 5.69 Å². The van der Waals surface area contributed by atoms with Crippen LogP contribution in [-0.4, -0.2) is 24.3 Å². The Bertz CT molecular complexity index is 392. The van der Waals surface area contributed by atoms with Crippen LogP contribution in [0.1, 0.15) is 37.8 Å². The van der Waals surface area contributed by atoms with E-state index in [0.29, 0.717) is 5.92 Å². The van der Waals surface area contributed by atoms with Gasteiger partial charge < -0.3 is 10.0 Å². The van der Waals surface area contributed by atoms with E-state index >= 15 is 0 Å². The van der Waals surface area contributed by atoms with Gasteiger partial charge in [-0.05, 0) is 31.0 Å². The molecule has 0 saturated heterocycles. The molecule has 0 bridgehead atoms. The molecule has 0 radical (unpaired) electrons. The Morgan fingerprint density at radius 1 is 1.44 bits per heavy atom. The van der Waals surface area contributed by atoms with Gasteiger partial charge in [-0.15, -0.1) is 0 Å². The van der Waals surface area contributed by atoms with Gasteiger partial charge in [-0.2, -0.15) is 0 Å². The van der Waals surface area contributed by atoms with E-state index in [2.05, 4.69) is 37.1 Å². The fourth-order valence-corrected chi connectivity index (χ4v) is 2.56. The number of hydrogen-bond donors (Lipinski definition) is 1. The largest absolute Gasteiger partial charge is 0.390 e. The number of hydrogen-bond acceptors (Lipinski definition) is 2. The number of benzene rings is 1. The second-order valence-corrected chi connectivity index (χ2v) is 5.66. The molecule has 0 amide bonds. The summed E-state index contributed by atoms with van der Waals surface area (Å²) in [4.78, 5) is 2.30. The average molecular weight is 219 g/mol. The van der Waals surface area contributed by atoms with Gasteiger partial charge in [-0.25, -0.2) is 0 Å². The van der Waals surface area contributed by atoms with Gasteiger partial charge in [-0.3, -0.25) is 0 Å². The molecular formula is C14H21NO. The summed E-state index contributed by atoms with van der Waals surface area (Å²) in [5.74, 6) is 0.599. The van der Waals surface area contributed by atoms with Crippen LogP contribution >= 0.6 is 0 Å². The molecule has 1 heterocycles. The molecule has 1 unspecified atom stereocenters. The van der Waals surface area contributed by atoms with Gasteiger partial charge in [0.2, 0.25) is 0 Å². The van der Waals surface area contributed by atoms with Crippen LogP contribution in [-0.2, 0) is 6.42 Å². The zero-order valence-electron chi connectivity index (χ0n) is 10.6. The molecule has 16 heavy (non-hydrogen) atoms. The van der Waals surface area contributed by atoms with Gasteiger partial charge in [0.1, 0.15) is 0 Å². The molecule has 0 spiro atoms. The highest BCUT2D eigenvalue weighted by atomic mass is 16.3. The van der Waals surface area contributed by atoms with Gasteiger partial charge in [0.05, 0.1) is 5.60 Å². The van der Waals surface area contributed by atoms with Crippen LogP contribution in [0.5, 0.6) is 0 Å². The highest BCUT2D eigenvalue weighted by molar-refractivity contribution is 5.60. The number of likely N-dealkylation sites (N-methyl/N-ethyl adjacent to an activating group) is 1. The SMILES string of the molecule is CC1CN(C)c2ccc(CC(C)(C)O)cc21. The number of nitrogens with zero attached hydrogens (tertiary/aromatic N) is 1. The molecule has 1 atom stereocenters. The second-order valence-electron chi connectivity index (χ2n) is 5.66. The molecule has 0 saturated carbocycles. The van der Waals surface area contributed by atoms with Gasteiger partial charge in [0.25, 0.3) is 0 Å². The van der Waals surface area contributed by atoms with Crippen molar-refractivity contribution in [3.05, 3.63) is 29.3 Å². The summed E-state index contributed by atoms with van der Waals surface area (Å²) in [6.45, 7) is 7.07. The summed E-state index contributed by atoms with van der Waals surface area (Å²) in [7, 11) is 2.14. The van der Waals surface area contributed by atoms with Crippen LogP contribution in [0, 0.1) is 0 Å². The van der Waals surface area contributed by atoms with Crippen molar-refractivity contribution in [2.24, 2.45) is 0 Å². The topological polar surface area (TPSA) is 23.5 Å². The highest BCUT2D eigenvalue weighted by Gasteiger charge is 2.23. The first-order valence-electron chi connectivity index (χ1n) is 5.93. The van der Waals surface area contributed by atoms with Gasteiger partial charge in [0, 0.05) is 31.6 Å². The van der Waals surface area contributed by atoms with Crippen molar-refractivity contribution in [1.82, 2.24) is 0 Å². The Morgan fingerprint density at radius 2 is 2.12 bits per heavy atom. The summed E-state index contributed by atoms with van der Waals surface area (Å²) in [5, 5.41) is 9.83. The Hall–Kier alpha value is -1.02. The van der Waals surface area contributed by atoms with Crippen molar-refractivity contribution in [1.29, 1.82) is 0 Å². The van der Waals surface area contributed by atoms with Crippen LogP contribution in [0.2, 0.25) is 0 Å². The van der Waals surface area contributed by atoms with Crippen LogP contribution in [0.4, 0.5) is 5.69 Å².